The lowest BCUT2D eigenvalue weighted by atomic mass is 10.1. The second-order valence-electron chi connectivity index (χ2n) is 6.58. The van der Waals surface area contributed by atoms with Crippen molar-refractivity contribution in [2.24, 2.45) is 5.92 Å². The summed E-state index contributed by atoms with van der Waals surface area (Å²) in [4.78, 5) is 20.8. The molecule has 0 radical (unpaired) electrons. The number of ether oxygens (including phenoxy) is 1. The van der Waals surface area contributed by atoms with Crippen LogP contribution in [-0.4, -0.2) is 55.7 Å². The number of rotatable bonds is 5. The Hall–Kier alpha value is -1.62. The summed E-state index contributed by atoms with van der Waals surface area (Å²) in [6.45, 7) is 2.37. The highest BCUT2D eigenvalue weighted by Gasteiger charge is 2.29. The number of nitrogens with zero attached hydrogens (tertiary/aromatic N) is 3. The molecule has 1 aliphatic heterocycles. The molecule has 5 heteroatoms. The van der Waals surface area contributed by atoms with Crippen LogP contribution in [0.5, 0.6) is 0 Å². The number of hydrogen-bond donors (Lipinski definition) is 0. The molecule has 0 bridgehead atoms. The van der Waals surface area contributed by atoms with E-state index in [0.29, 0.717) is 12.1 Å². The Morgan fingerprint density at radius 2 is 2.23 bits per heavy atom. The third-order valence-corrected chi connectivity index (χ3v) is 4.44. The minimum atomic E-state index is 0.0662. The molecule has 0 N–H and O–H groups in total. The highest BCUT2D eigenvalue weighted by Crippen LogP contribution is 2.30. The van der Waals surface area contributed by atoms with E-state index in [9.17, 15) is 4.79 Å². The summed E-state index contributed by atoms with van der Waals surface area (Å²) in [6.07, 6.45) is 8.27. The number of piperidine rings is 1. The lowest BCUT2D eigenvalue weighted by molar-refractivity contribution is -0.00241. The van der Waals surface area contributed by atoms with Crippen LogP contribution < -0.4 is 4.90 Å². The van der Waals surface area contributed by atoms with Crippen molar-refractivity contribution in [3.05, 3.63) is 24.0 Å². The minimum Gasteiger partial charge on any atom is -0.377 e. The molecule has 0 spiro atoms. The van der Waals surface area contributed by atoms with E-state index >= 15 is 0 Å². The van der Waals surface area contributed by atoms with Crippen molar-refractivity contribution in [3.8, 4) is 0 Å². The molecule has 2 heterocycles. The number of carbonyl (C=O) groups is 1. The molecular formula is C17H25N3O2. The molecular weight excluding hydrogens is 278 g/mol. The Morgan fingerprint density at radius 1 is 1.41 bits per heavy atom. The molecule has 2 aliphatic rings. The lowest BCUT2D eigenvalue weighted by Crippen LogP contribution is -2.43. The number of anilines is 1. The molecule has 1 unspecified atom stereocenters. The van der Waals surface area contributed by atoms with E-state index in [2.05, 4.69) is 4.98 Å². The summed E-state index contributed by atoms with van der Waals surface area (Å²) < 4.78 is 5.98. The van der Waals surface area contributed by atoms with E-state index in [4.69, 9.17) is 4.74 Å². The van der Waals surface area contributed by atoms with Gasteiger partial charge in [-0.05, 0) is 37.7 Å². The SMILES string of the molecule is CN(C)c1ccncc1C(=O)N1CCCC(OCC2CC2)C1. The number of hydrogen-bond acceptors (Lipinski definition) is 4. The van der Waals surface area contributed by atoms with Crippen LogP contribution in [0.2, 0.25) is 0 Å². The molecule has 3 rings (SSSR count). The normalized spacial score (nSPS) is 21.7. The fraction of sp³-hybridized carbons (Fsp3) is 0.647. The molecule has 1 saturated heterocycles. The van der Waals surface area contributed by atoms with Crippen molar-refractivity contribution in [2.75, 3.05) is 38.7 Å². The van der Waals surface area contributed by atoms with E-state index in [1.54, 1.807) is 12.4 Å². The summed E-state index contributed by atoms with van der Waals surface area (Å²) in [7, 11) is 3.90. The molecule has 22 heavy (non-hydrogen) atoms. The number of aromatic nitrogens is 1. The molecule has 5 nitrogen and oxygen atoms in total. The molecule has 2 fully saturated rings. The molecule has 1 saturated carbocycles. The second kappa shape index (κ2) is 6.65. The van der Waals surface area contributed by atoms with Crippen molar-refractivity contribution in [1.82, 2.24) is 9.88 Å². The largest absolute Gasteiger partial charge is 0.377 e. The Morgan fingerprint density at radius 3 is 2.95 bits per heavy atom. The average molecular weight is 303 g/mol. The molecule has 1 atom stereocenters. The van der Waals surface area contributed by atoms with Crippen LogP contribution in [0.1, 0.15) is 36.0 Å². The number of likely N-dealkylation sites (tertiary alicyclic amines) is 1. The van der Waals surface area contributed by atoms with E-state index < -0.39 is 0 Å². The zero-order valence-electron chi connectivity index (χ0n) is 13.5. The quantitative estimate of drug-likeness (QED) is 0.836. The van der Waals surface area contributed by atoms with Gasteiger partial charge in [-0.25, -0.2) is 0 Å². The van der Waals surface area contributed by atoms with Crippen LogP contribution >= 0.6 is 0 Å². The van der Waals surface area contributed by atoms with Gasteiger partial charge in [-0.3, -0.25) is 9.78 Å². The maximum absolute atomic E-state index is 12.8. The Labute approximate surface area is 132 Å². The van der Waals surface area contributed by atoms with Gasteiger partial charge in [-0.1, -0.05) is 0 Å². The van der Waals surface area contributed by atoms with Gasteiger partial charge >= 0.3 is 0 Å². The minimum absolute atomic E-state index is 0.0662. The van der Waals surface area contributed by atoms with Crippen LogP contribution in [0.25, 0.3) is 0 Å². The smallest absolute Gasteiger partial charge is 0.257 e. The van der Waals surface area contributed by atoms with Crippen LogP contribution in [0.4, 0.5) is 5.69 Å². The Bertz CT molecular complexity index is 528. The predicted molar refractivity (Wildman–Crippen MR) is 86.2 cm³/mol. The molecule has 1 aromatic heterocycles. The topological polar surface area (TPSA) is 45.7 Å². The third kappa shape index (κ3) is 3.58. The maximum Gasteiger partial charge on any atom is 0.257 e. The summed E-state index contributed by atoms with van der Waals surface area (Å²) in [5.74, 6) is 0.835. The van der Waals surface area contributed by atoms with E-state index in [1.807, 2.05) is 30.0 Å². The van der Waals surface area contributed by atoms with Gasteiger partial charge < -0.3 is 14.5 Å². The summed E-state index contributed by atoms with van der Waals surface area (Å²) >= 11 is 0. The van der Waals surface area contributed by atoms with Gasteiger partial charge in [0.15, 0.2) is 0 Å². The van der Waals surface area contributed by atoms with E-state index in [0.717, 1.165) is 37.6 Å². The third-order valence-electron chi connectivity index (χ3n) is 4.44. The van der Waals surface area contributed by atoms with Gasteiger partial charge in [0.2, 0.25) is 0 Å². The monoisotopic (exact) mass is 303 g/mol. The van der Waals surface area contributed by atoms with Gasteiger partial charge in [0.25, 0.3) is 5.91 Å². The van der Waals surface area contributed by atoms with E-state index in [-0.39, 0.29) is 12.0 Å². The van der Waals surface area contributed by atoms with Gasteiger partial charge in [0.1, 0.15) is 0 Å². The standard InChI is InChI=1S/C17H25N3O2/c1-19(2)16-7-8-18-10-15(16)17(21)20-9-3-4-14(11-20)22-12-13-5-6-13/h7-8,10,13-14H,3-6,9,11-12H2,1-2H3. The van der Waals surface area contributed by atoms with Crippen molar-refractivity contribution in [3.63, 3.8) is 0 Å². The summed E-state index contributed by atoms with van der Waals surface area (Å²) in [5.41, 5.74) is 1.59. The summed E-state index contributed by atoms with van der Waals surface area (Å²) in [6, 6.07) is 1.89. The first-order chi connectivity index (χ1) is 10.6. The van der Waals surface area contributed by atoms with Crippen molar-refractivity contribution < 1.29 is 9.53 Å². The van der Waals surface area contributed by atoms with Crippen LogP contribution in [0.15, 0.2) is 18.5 Å². The van der Waals surface area contributed by atoms with E-state index in [1.165, 1.54) is 12.8 Å². The first-order valence-electron chi connectivity index (χ1n) is 8.17. The first kappa shape index (κ1) is 15.3. The molecule has 0 aromatic carbocycles. The highest BCUT2D eigenvalue weighted by atomic mass is 16.5. The number of carbonyl (C=O) groups excluding carboxylic acids is 1. The fourth-order valence-electron chi connectivity index (χ4n) is 2.93. The lowest BCUT2D eigenvalue weighted by Gasteiger charge is -2.33. The van der Waals surface area contributed by atoms with Crippen LogP contribution in [0, 0.1) is 5.92 Å². The zero-order chi connectivity index (χ0) is 15.5. The van der Waals surface area contributed by atoms with Crippen molar-refractivity contribution in [1.29, 1.82) is 0 Å². The van der Waals surface area contributed by atoms with Gasteiger partial charge in [0.05, 0.1) is 17.4 Å². The predicted octanol–water partition coefficient (Wildman–Crippen LogP) is 2.18. The van der Waals surface area contributed by atoms with Crippen LogP contribution in [0.3, 0.4) is 0 Å². The molecule has 1 aliphatic carbocycles. The summed E-state index contributed by atoms with van der Waals surface area (Å²) in [5, 5.41) is 0. The molecule has 120 valence electrons. The van der Waals surface area contributed by atoms with Gasteiger partial charge in [0, 0.05) is 46.2 Å². The Kier molecular flexibility index (Phi) is 4.62. The second-order valence-corrected chi connectivity index (χ2v) is 6.58. The van der Waals surface area contributed by atoms with Crippen molar-refractivity contribution >= 4 is 11.6 Å². The van der Waals surface area contributed by atoms with Crippen LogP contribution in [-0.2, 0) is 4.74 Å². The molecule has 1 amide bonds. The van der Waals surface area contributed by atoms with Crippen molar-refractivity contribution in [2.45, 2.75) is 31.8 Å². The first-order valence-corrected chi connectivity index (χ1v) is 8.17. The maximum atomic E-state index is 12.8. The van der Waals surface area contributed by atoms with Gasteiger partial charge in [-0.15, -0.1) is 0 Å². The van der Waals surface area contributed by atoms with Gasteiger partial charge in [-0.2, -0.15) is 0 Å². The fourth-order valence-corrected chi connectivity index (χ4v) is 2.93. The Balaban J connectivity index is 1.65. The zero-order valence-corrected chi connectivity index (χ0v) is 13.5. The number of pyridine rings is 1. The highest BCUT2D eigenvalue weighted by molar-refractivity contribution is 5.99. The average Bonchev–Trinajstić information content (AvgIpc) is 3.37. The number of amides is 1. The molecule has 1 aromatic rings.